The van der Waals surface area contributed by atoms with Crippen LogP contribution in [0.5, 0.6) is 0 Å². The highest BCUT2D eigenvalue weighted by atomic mass is 32.2. The summed E-state index contributed by atoms with van der Waals surface area (Å²) >= 11 is 1.34. The quantitative estimate of drug-likeness (QED) is 0.791. The van der Waals surface area contributed by atoms with Gasteiger partial charge in [0.2, 0.25) is 10.0 Å². The lowest BCUT2D eigenvalue weighted by molar-refractivity contribution is -0.0846. The third-order valence-electron chi connectivity index (χ3n) is 2.57. The average Bonchev–Trinajstić information content (AvgIpc) is 2.87. The molecule has 1 saturated heterocycles. The standard InChI is InChI=1S/C10H16N2O4S2/c11-5-9-10(1-4-17-9)18(13,14)12-6-8-7-15-2-3-16-8/h1,4,8,12H,2-3,5-7,11H2. The van der Waals surface area contributed by atoms with Gasteiger partial charge in [-0.15, -0.1) is 11.3 Å². The van der Waals surface area contributed by atoms with Crippen LogP contribution in [0.25, 0.3) is 0 Å². The molecule has 1 atom stereocenters. The number of hydrogen-bond acceptors (Lipinski definition) is 6. The Morgan fingerprint density at radius 3 is 3.00 bits per heavy atom. The molecular weight excluding hydrogens is 276 g/mol. The largest absolute Gasteiger partial charge is 0.376 e. The summed E-state index contributed by atoms with van der Waals surface area (Å²) in [7, 11) is -3.51. The lowest BCUT2D eigenvalue weighted by Gasteiger charge is -2.23. The number of hydrogen-bond donors (Lipinski definition) is 2. The second-order valence-corrected chi connectivity index (χ2v) is 6.57. The first kappa shape index (κ1) is 13.9. The maximum atomic E-state index is 12.1. The Labute approximate surface area is 110 Å². The van der Waals surface area contributed by atoms with Gasteiger partial charge in [0.05, 0.1) is 30.8 Å². The number of sulfonamides is 1. The molecule has 1 aromatic heterocycles. The van der Waals surface area contributed by atoms with E-state index in [1.54, 1.807) is 11.4 Å². The van der Waals surface area contributed by atoms with Crippen molar-refractivity contribution in [2.45, 2.75) is 17.5 Å². The second kappa shape index (κ2) is 6.09. The van der Waals surface area contributed by atoms with E-state index in [4.69, 9.17) is 15.2 Å². The molecule has 6 nitrogen and oxygen atoms in total. The van der Waals surface area contributed by atoms with Crippen LogP contribution in [0.3, 0.4) is 0 Å². The molecule has 1 aliphatic heterocycles. The van der Waals surface area contributed by atoms with Crippen molar-refractivity contribution in [1.82, 2.24) is 4.72 Å². The molecule has 0 aliphatic carbocycles. The zero-order valence-corrected chi connectivity index (χ0v) is 11.4. The Morgan fingerprint density at radius 2 is 2.33 bits per heavy atom. The predicted octanol–water partition coefficient (Wildman–Crippen LogP) is -0.0995. The fraction of sp³-hybridized carbons (Fsp3) is 0.600. The Morgan fingerprint density at radius 1 is 1.50 bits per heavy atom. The summed E-state index contributed by atoms with van der Waals surface area (Å²) in [5.74, 6) is 0. The minimum absolute atomic E-state index is 0.211. The van der Waals surface area contributed by atoms with E-state index in [-0.39, 0.29) is 24.1 Å². The zero-order valence-electron chi connectivity index (χ0n) is 9.79. The molecule has 0 aromatic carbocycles. The van der Waals surface area contributed by atoms with Gasteiger partial charge in [0.15, 0.2) is 0 Å². The molecule has 1 unspecified atom stereocenters. The van der Waals surface area contributed by atoms with Gasteiger partial charge in [-0.05, 0) is 11.4 Å². The Bertz CT molecular complexity index is 480. The Kier molecular flexibility index (Phi) is 4.71. The molecule has 0 saturated carbocycles. The molecule has 2 heterocycles. The maximum Gasteiger partial charge on any atom is 0.241 e. The van der Waals surface area contributed by atoms with Crippen molar-refractivity contribution in [3.8, 4) is 0 Å². The van der Waals surface area contributed by atoms with E-state index < -0.39 is 10.0 Å². The lowest BCUT2D eigenvalue weighted by Crippen LogP contribution is -2.39. The third-order valence-corrected chi connectivity index (χ3v) is 5.15. The molecule has 1 aliphatic rings. The highest BCUT2D eigenvalue weighted by Gasteiger charge is 2.22. The van der Waals surface area contributed by atoms with Gasteiger partial charge in [0.1, 0.15) is 0 Å². The first-order valence-corrected chi connectivity index (χ1v) is 7.95. The fourth-order valence-electron chi connectivity index (χ4n) is 1.65. The molecule has 8 heteroatoms. The van der Waals surface area contributed by atoms with Crippen LogP contribution < -0.4 is 10.5 Å². The second-order valence-electron chi connectivity index (χ2n) is 3.83. The number of thiophene rings is 1. The van der Waals surface area contributed by atoms with E-state index in [0.29, 0.717) is 24.7 Å². The molecule has 0 amide bonds. The zero-order chi connectivity index (χ0) is 13.0. The van der Waals surface area contributed by atoms with Crippen molar-refractivity contribution >= 4 is 21.4 Å². The van der Waals surface area contributed by atoms with Crippen molar-refractivity contribution in [3.05, 3.63) is 16.3 Å². The summed E-state index contributed by atoms with van der Waals surface area (Å²) in [6, 6.07) is 1.56. The van der Waals surface area contributed by atoms with Gasteiger partial charge in [-0.3, -0.25) is 0 Å². The van der Waals surface area contributed by atoms with E-state index in [9.17, 15) is 8.42 Å². The Balaban J connectivity index is 1.99. The Hall–Kier alpha value is -0.510. The van der Waals surface area contributed by atoms with Gasteiger partial charge < -0.3 is 15.2 Å². The number of rotatable bonds is 5. The molecule has 2 rings (SSSR count). The molecule has 18 heavy (non-hydrogen) atoms. The summed E-state index contributed by atoms with van der Waals surface area (Å²) in [4.78, 5) is 0.912. The summed E-state index contributed by atoms with van der Waals surface area (Å²) in [6.07, 6.45) is -0.228. The summed E-state index contributed by atoms with van der Waals surface area (Å²) < 4.78 is 37.2. The van der Waals surface area contributed by atoms with Crippen LogP contribution in [-0.4, -0.2) is 40.9 Å². The van der Waals surface area contributed by atoms with Crippen LogP contribution in [0.15, 0.2) is 16.3 Å². The minimum Gasteiger partial charge on any atom is -0.376 e. The third kappa shape index (κ3) is 3.28. The van der Waals surface area contributed by atoms with Gasteiger partial charge >= 0.3 is 0 Å². The minimum atomic E-state index is -3.51. The maximum absolute atomic E-state index is 12.1. The van der Waals surface area contributed by atoms with Crippen molar-refractivity contribution in [3.63, 3.8) is 0 Å². The molecule has 1 fully saturated rings. The molecule has 0 radical (unpaired) electrons. The summed E-state index contributed by atoms with van der Waals surface area (Å²) in [5.41, 5.74) is 5.50. The summed E-state index contributed by atoms with van der Waals surface area (Å²) in [5, 5.41) is 1.72. The van der Waals surface area contributed by atoms with E-state index in [0.717, 1.165) is 0 Å². The van der Waals surface area contributed by atoms with Crippen LogP contribution in [0, 0.1) is 0 Å². The number of ether oxygens (including phenoxy) is 2. The molecular formula is C10H16N2O4S2. The predicted molar refractivity (Wildman–Crippen MR) is 68.0 cm³/mol. The van der Waals surface area contributed by atoms with Gasteiger partial charge in [0.25, 0.3) is 0 Å². The van der Waals surface area contributed by atoms with Crippen molar-refractivity contribution < 1.29 is 17.9 Å². The van der Waals surface area contributed by atoms with E-state index in [1.807, 2.05) is 0 Å². The van der Waals surface area contributed by atoms with E-state index >= 15 is 0 Å². The lowest BCUT2D eigenvalue weighted by atomic mass is 10.3. The van der Waals surface area contributed by atoms with Crippen LogP contribution >= 0.6 is 11.3 Å². The fourth-order valence-corrected chi connectivity index (χ4v) is 4.05. The highest BCUT2D eigenvalue weighted by Crippen LogP contribution is 2.21. The van der Waals surface area contributed by atoms with E-state index in [2.05, 4.69) is 4.72 Å². The SMILES string of the molecule is NCc1sccc1S(=O)(=O)NCC1COCCO1. The van der Waals surface area contributed by atoms with Gasteiger partial charge in [-0.25, -0.2) is 13.1 Å². The molecule has 102 valence electrons. The average molecular weight is 292 g/mol. The summed E-state index contributed by atoms with van der Waals surface area (Å²) in [6.45, 7) is 1.90. The highest BCUT2D eigenvalue weighted by molar-refractivity contribution is 7.89. The van der Waals surface area contributed by atoms with E-state index in [1.165, 1.54) is 11.3 Å². The monoisotopic (exact) mass is 292 g/mol. The molecule has 0 bridgehead atoms. The molecule has 3 N–H and O–H groups in total. The van der Waals surface area contributed by atoms with Crippen LogP contribution in [-0.2, 0) is 26.0 Å². The van der Waals surface area contributed by atoms with Crippen molar-refractivity contribution in [1.29, 1.82) is 0 Å². The topological polar surface area (TPSA) is 90.7 Å². The van der Waals surface area contributed by atoms with Crippen LogP contribution in [0.2, 0.25) is 0 Å². The molecule has 1 aromatic rings. The van der Waals surface area contributed by atoms with Gasteiger partial charge in [-0.2, -0.15) is 0 Å². The van der Waals surface area contributed by atoms with Gasteiger partial charge in [0, 0.05) is 18.0 Å². The van der Waals surface area contributed by atoms with Crippen molar-refractivity contribution in [2.75, 3.05) is 26.4 Å². The van der Waals surface area contributed by atoms with Crippen molar-refractivity contribution in [2.24, 2.45) is 5.73 Å². The first-order chi connectivity index (χ1) is 8.63. The number of nitrogens with two attached hydrogens (primary N) is 1. The molecule has 0 spiro atoms. The van der Waals surface area contributed by atoms with Crippen LogP contribution in [0.4, 0.5) is 0 Å². The van der Waals surface area contributed by atoms with Crippen LogP contribution in [0.1, 0.15) is 4.88 Å². The normalized spacial score (nSPS) is 21.1. The first-order valence-electron chi connectivity index (χ1n) is 5.59. The smallest absolute Gasteiger partial charge is 0.241 e. The van der Waals surface area contributed by atoms with Gasteiger partial charge in [-0.1, -0.05) is 0 Å². The number of nitrogens with one attached hydrogen (secondary N) is 1.